The number of carbonyl (C=O) groups is 2. The quantitative estimate of drug-likeness (QED) is 0.376. The SMILES string of the molecule is CSCC(=O)Nc1c2c(nn1-c1ccc(C)cn1)CC(CCOc1cccc(OCC(C)(C)F)c1)NC2=O. The van der Waals surface area contributed by atoms with Crippen LogP contribution in [0.4, 0.5) is 10.2 Å². The number of ether oxygens (including phenoxy) is 2. The molecule has 0 saturated carbocycles. The van der Waals surface area contributed by atoms with E-state index in [2.05, 4.69) is 20.7 Å². The summed E-state index contributed by atoms with van der Waals surface area (Å²) in [6.45, 7) is 5.13. The molecule has 2 N–H and O–H groups in total. The molecule has 0 aliphatic carbocycles. The Bertz CT molecular complexity index is 1290. The van der Waals surface area contributed by atoms with Gasteiger partial charge in [0.1, 0.15) is 29.3 Å². The zero-order valence-electron chi connectivity index (χ0n) is 21.9. The first kappa shape index (κ1) is 27.4. The van der Waals surface area contributed by atoms with E-state index in [9.17, 15) is 14.0 Å². The number of halogens is 1. The highest BCUT2D eigenvalue weighted by molar-refractivity contribution is 7.99. The summed E-state index contributed by atoms with van der Waals surface area (Å²) < 4.78 is 26.6. The number of benzene rings is 1. The number of carbonyl (C=O) groups excluding carboxylic acids is 2. The lowest BCUT2D eigenvalue weighted by Gasteiger charge is -2.23. The van der Waals surface area contributed by atoms with Gasteiger partial charge in [0.05, 0.1) is 18.1 Å². The molecule has 1 aromatic carbocycles. The fourth-order valence-corrected chi connectivity index (χ4v) is 4.29. The Morgan fingerprint density at radius 3 is 2.71 bits per heavy atom. The molecule has 2 amide bonds. The van der Waals surface area contributed by atoms with Crippen LogP contribution in [0, 0.1) is 6.92 Å². The van der Waals surface area contributed by atoms with Crippen LogP contribution < -0.4 is 20.1 Å². The second-order valence-electron chi connectivity index (χ2n) is 9.75. The fourth-order valence-electron chi connectivity index (χ4n) is 3.95. The van der Waals surface area contributed by atoms with Gasteiger partial charge in [-0.1, -0.05) is 12.1 Å². The van der Waals surface area contributed by atoms with Crippen molar-refractivity contribution in [1.82, 2.24) is 20.1 Å². The van der Waals surface area contributed by atoms with Crippen LogP contribution in [0.15, 0.2) is 42.6 Å². The minimum absolute atomic E-state index is 0.0582. The first-order valence-electron chi connectivity index (χ1n) is 12.3. The van der Waals surface area contributed by atoms with E-state index in [-0.39, 0.29) is 30.2 Å². The Balaban J connectivity index is 1.45. The second-order valence-corrected chi connectivity index (χ2v) is 10.6. The summed E-state index contributed by atoms with van der Waals surface area (Å²) in [6, 6.07) is 10.5. The Kier molecular flexibility index (Phi) is 8.55. The second kappa shape index (κ2) is 11.8. The smallest absolute Gasteiger partial charge is 0.257 e. The van der Waals surface area contributed by atoms with Crippen LogP contribution in [0.1, 0.15) is 41.9 Å². The molecule has 1 aliphatic heterocycles. The third-order valence-corrected chi connectivity index (χ3v) is 6.28. The summed E-state index contributed by atoms with van der Waals surface area (Å²) in [5.74, 6) is 1.66. The zero-order valence-corrected chi connectivity index (χ0v) is 22.7. The van der Waals surface area contributed by atoms with Gasteiger partial charge in [-0.05, 0) is 50.8 Å². The van der Waals surface area contributed by atoms with Crippen molar-refractivity contribution in [3.63, 3.8) is 0 Å². The summed E-state index contributed by atoms with van der Waals surface area (Å²) in [6.07, 6.45) is 4.56. The number of aryl methyl sites for hydroxylation is 1. The monoisotopic (exact) mass is 541 g/mol. The van der Waals surface area contributed by atoms with Gasteiger partial charge in [0.2, 0.25) is 5.91 Å². The molecule has 9 nitrogen and oxygen atoms in total. The van der Waals surface area contributed by atoms with E-state index >= 15 is 0 Å². The third kappa shape index (κ3) is 7.03. The van der Waals surface area contributed by atoms with Crippen molar-refractivity contribution in [1.29, 1.82) is 0 Å². The summed E-state index contributed by atoms with van der Waals surface area (Å²) in [5, 5.41) is 10.5. The van der Waals surface area contributed by atoms with E-state index in [0.717, 1.165) is 5.56 Å². The number of aromatic nitrogens is 3. The van der Waals surface area contributed by atoms with Gasteiger partial charge in [-0.25, -0.2) is 9.37 Å². The molecule has 1 aliphatic rings. The van der Waals surface area contributed by atoms with Crippen molar-refractivity contribution < 1.29 is 23.5 Å². The molecular weight excluding hydrogens is 509 g/mol. The number of amides is 2. The normalized spacial score (nSPS) is 15.0. The Hall–Kier alpha value is -3.60. The van der Waals surface area contributed by atoms with E-state index in [0.29, 0.717) is 53.8 Å². The number of rotatable bonds is 11. The van der Waals surface area contributed by atoms with Crippen LogP contribution in [-0.2, 0) is 11.2 Å². The summed E-state index contributed by atoms with van der Waals surface area (Å²) in [5.41, 5.74) is 0.485. The molecule has 2 aromatic heterocycles. The van der Waals surface area contributed by atoms with E-state index in [1.54, 1.807) is 36.5 Å². The van der Waals surface area contributed by atoms with Crippen molar-refractivity contribution in [3.05, 3.63) is 59.4 Å². The number of hydrogen-bond acceptors (Lipinski definition) is 7. The van der Waals surface area contributed by atoms with E-state index in [1.807, 2.05) is 19.2 Å². The highest BCUT2D eigenvalue weighted by atomic mass is 32.2. The molecule has 3 aromatic rings. The maximum Gasteiger partial charge on any atom is 0.257 e. The minimum Gasteiger partial charge on any atom is -0.493 e. The molecule has 4 rings (SSSR count). The Morgan fingerprint density at radius 1 is 1.26 bits per heavy atom. The van der Waals surface area contributed by atoms with Crippen LogP contribution in [0.3, 0.4) is 0 Å². The number of pyridine rings is 1. The van der Waals surface area contributed by atoms with Crippen molar-refractivity contribution in [2.24, 2.45) is 0 Å². The number of fused-ring (bicyclic) bond motifs is 1. The summed E-state index contributed by atoms with van der Waals surface area (Å²) in [4.78, 5) is 30.0. The predicted octanol–water partition coefficient (Wildman–Crippen LogP) is 4.13. The van der Waals surface area contributed by atoms with Crippen LogP contribution in [0.5, 0.6) is 11.5 Å². The largest absolute Gasteiger partial charge is 0.493 e. The average molecular weight is 542 g/mol. The lowest BCUT2D eigenvalue weighted by molar-refractivity contribution is -0.113. The average Bonchev–Trinajstić information content (AvgIpc) is 3.21. The first-order chi connectivity index (χ1) is 18.1. The van der Waals surface area contributed by atoms with Gasteiger partial charge in [0, 0.05) is 31.1 Å². The van der Waals surface area contributed by atoms with Gasteiger partial charge < -0.3 is 20.1 Å². The van der Waals surface area contributed by atoms with Crippen molar-refractivity contribution in [2.45, 2.75) is 45.3 Å². The lowest BCUT2D eigenvalue weighted by atomic mass is 9.99. The fraction of sp³-hybridized carbons (Fsp3) is 0.407. The highest BCUT2D eigenvalue weighted by Crippen LogP contribution is 2.28. The van der Waals surface area contributed by atoms with Gasteiger partial charge in [-0.3, -0.25) is 9.59 Å². The van der Waals surface area contributed by atoms with Gasteiger partial charge in [-0.2, -0.15) is 21.5 Å². The molecule has 3 heterocycles. The molecule has 0 radical (unpaired) electrons. The molecule has 1 atom stereocenters. The van der Waals surface area contributed by atoms with Crippen LogP contribution in [0.25, 0.3) is 5.82 Å². The van der Waals surface area contributed by atoms with Crippen LogP contribution in [-0.4, -0.2) is 63.5 Å². The van der Waals surface area contributed by atoms with Crippen molar-refractivity contribution in [3.8, 4) is 17.3 Å². The topological polar surface area (TPSA) is 107 Å². The molecule has 0 saturated heterocycles. The van der Waals surface area contributed by atoms with E-state index < -0.39 is 5.67 Å². The molecule has 38 heavy (non-hydrogen) atoms. The molecule has 1 unspecified atom stereocenters. The van der Waals surface area contributed by atoms with Crippen LogP contribution in [0.2, 0.25) is 0 Å². The van der Waals surface area contributed by atoms with Gasteiger partial charge >= 0.3 is 0 Å². The zero-order chi connectivity index (χ0) is 27.3. The van der Waals surface area contributed by atoms with Crippen molar-refractivity contribution in [2.75, 3.05) is 30.5 Å². The molecule has 0 spiro atoms. The number of anilines is 1. The lowest BCUT2D eigenvalue weighted by Crippen LogP contribution is -2.42. The molecule has 0 fully saturated rings. The van der Waals surface area contributed by atoms with Crippen LogP contribution >= 0.6 is 11.8 Å². The Labute approximate surface area is 225 Å². The molecule has 202 valence electrons. The summed E-state index contributed by atoms with van der Waals surface area (Å²) in [7, 11) is 0. The molecular formula is C27H32FN5O4S. The molecule has 0 bridgehead atoms. The number of hydrogen-bond donors (Lipinski definition) is 2. The van der Waals surface area contributed by atoms with E-state index in [1.165, 1.54) is 30.3 Å². The van der Waals surface area contributed by atoms with Gasteiger partial charge in [0.15, 0.2) is 11.6 Å². The number of nitrogens with zero attached hydrogens (tertiary/aromatic N) is 3. The van der Waals surface area contributed by atoms with E-state index in [4.69, 9.17) is 9.47 Å². The minimum atomic E-state index is -1.44. The number of nitrogens with one attached hydrogen (secondary N) is 2. The van der Waals surface area contributed by atoms with Crippen molar-refractivity contribution >= 4 is 29.4 Å². The highest BCUT2D eigenvalue weighted by Gasteiger charge is 2.33. The number of alkyl halides is 1. The maximum absolute atomic E-state index is 13.7. The number of thioether (sulfide) groups is 1. The maximum atomic E-state index is 13.7. The predicted molar refractivity (Wildman–Crippen MR) is 145 cm³/mol. The molecule has 11 heteroatoms. The van der Waals surface area contributed by atoms with Gasteiger partial charge in [-0.15, -0.1) is 0 Å². The van der Waals surface area contributed by atoms with Gasteiger partial charge in [0.25, 0.3) is 5.91 Å². The first-order valence-corrected chi connectivity index (χ1v) is 13.7. The summed E-state index contributed by atoms with van der Waals surface area (Å²) >= 11 is 1.39. The third-order valence-electron chi connectivity index (χ3n) is 5.73. The standard InChI is InChI=1S/C27H32FN5O4S/c1-17-8-9-22(29-14-17)33-25(31-23(34)15-38-4)24-21(32-33)12-18(30-26(24)35)10-11-36-19-6-5-7-20(13-19)37-16-27(2,3)28/h5-9,13-14,18H,10-12,15-16H2,1-4H3,(H,30,35)(H,31,34). The Morgan fingerprint density at radius 2 is 2.03 bits per heavy atom.